The van der Waals surface area contributed by atoms with Gasteiger partial charge in [-0.1, -0.05) is 60.7 Å². The van der Waals surface area contributed by atoms with Gasteiger partial charge in [0.15, 0.2) is 0 Å². The number of furan rings is 2. The van der Waals surface area contributed by atoms with Crippen LogP contribution < -0.4 is 5.46 Å². The number of hydrogen-bond donors (Lipinski definition) is 0. The van der Waals surface area contributed by atoms with Gasteiger partial charge in [0.05, 0.1) is 11.2 Å². The van der Waals surface area contributed by atoms with E-state index in [0.29, 0.717) is 0 Å². The molecule has 2 aromatic heterocycles. The zero-order valence-corrected chi connectivity index (χ0v) is 22.4. The second-order valence-corrected chi connectivity index (χ2v) is 11.6. The maximum absolute atomic E-state index is 6.51. The van der Waals surface area contributed by atoms with E-state index in [1.54, 1.807) is 0 Å². The summed E-state index contributed by atoms with van der Waals surface area (Å²) >= 11 is 0. The quantitative estimate of drug-likeness (QED) is 0.219. The summed E-state index contributed by atoms with van der Waals surface area (Å²) in [5.74, 6) is 0. The van der Waals surface area contributed by atoms with Gasteiger partial charge in [0, 0.05) is 27.1 Å². The van der Waals surface area contributed by atoms with Crippen LogP contribution in [0, 0.1) is 0 Å². The Bertz CT molecular complexity index is 2080. The minimum absolute atomic E-state index is 0.424. The lowest BCUT2D eigenvalue weighted by atomic mass is 9.76. The van der Waals surface area contributed by atoms with E-state index in [1.165, 1.54) is 10.8 Å². The van der Waals surface area contributed by atoms with Gasteiger partial charge in [0.25, 0.3) is 0 Å². The first kappa shape index (κ1) is 22.9. The molecule has 190 valence electrons. The molecule has 0 radical (unpaired) electrons. The summed E-state index contributed by atoms with van der Waals surface area (Å²) in [5.41, 5.74) is 5.70. The fourth-order valence-corrected chi connectivity index (χ4v) is 5.90. The van der Waals surface area contributed by atoms with Crippen molar-refractivity contribution in [1.29, 1.82) is 0 Å². The standard InChI is InChI=1S/C34H27BO4/c1-33(2)34(3,4)39-35(38-33)27-13-8-14-29-31(27)26-18-22(15-16-28(26)36-29)23-11-7-12-24-25-17-20-9-5-6-10-21(20)19-30(25)37-32(23)24/h5-19H,1-4H3. The Morgan fingerprint density at radius 1 is 0.564 bits per heavy atom. The van der Waals surface area contributed by atoms with Crippen molar-refractivity contribution in [2.24, 2.45) is 0 Å². The van der Waals surface area contributed by atoms with Gasteiger partial charge >= 0.3 is 7.12 Å². The molecular weight excluding hydrogens is 483 g/mol. The van der Waals surface area contributed by atoms with E-state index in [0.717, 1.165) is 60.5 Å². The van der Waals surface area contributed by atoms with Crippen LogP contribution in [-0.4, -0.2) is 18.3 Å². The van der Waals surface area contributed by atoms with Crippen LogP contribution in [0.4, 0.5) is 0 Å². The third kappa shape index (κ3) is 3.27. The topological polar surface area (TPSA) is 44.7 Å². The molecule has 0 bridgehead atoms. The molecule has 1 aliphatic rings. The second-order valence-electron chi connectivity index (χ2n) is 11.6. The molecule has 0 saturated carbocycles. The SMILES string of the molecule is CC1(C)OB(c2cccc3oc4ccc(-c5cccc6c5oc5cc7ccccc7cc56)cc4c23)OC1(C)C. The summed E-state index contributed by atoms with van der Waals surface area (Å²) in [6.07, 6.45) is 0. The summed E-state index contributed by atoms with van der Waals surface area (Å²) in [4.78, 5) is 0. The van der Waals surface area contributed by atoms with E-state index >= 15 is 0 Å². The lowest BCUT2D eigenvalue weighted by Gasteiger charge is -2.32. The average molecular weight is 510 g/mol. The molecule has 0 unspecified atom stereocenters. The van der Waals surface area contributed by atoms with E-state index in [9.17, 15) is 0 Å². The minimum Gasteiger partial charge on any atom is -0.456 e. The number of benzene rings is 5. The van der Waals surface area contributed by atoms with Gasteiger partial charge in [-0.15, -0.1) is 0 Å². The Labute approximate surface area is 226 Å². The lowest BCUT2D eigenvalue weighted by molar-refractivity contribution is 0.00578. The van der Waals surface area contributed by atoms with Gasteiger partial charge in [-0.2, -0.15) is 0 Å². The van der Waals surface area contributed by atoms with E-state index in [2.05, 4.69) is 107 Å². The molecule has 1 saturated heterocycles. The summed E-state index contributed by atoms with van der Waals surface area (Å²) in [5, 5.41) is 6.68. The Hall–Kier alpha value is -4.06. The highest BCUT2D eigenvalue weighted by Crippen LogP contribution is 2.41. The molecule has 39 heavy (non-hydrogen) atoms. The van der Waals surface area contributed by atoms with Crippen LogP contribution in [0.1, 0.15) is 27.7 Å². The van der Waals surface area contributed by atoms with Crippen LogP contribution >= 0.6 is 0 Å². The molecule has 5 heteroatoms. The summed E-state index contributed by atoms with van der Waals surface area (Å²) in [6.45, 7) is 8.32. The Morgan fingerprint density at radius 3 is 2.10 bits per heavy atom. The second kappa shape index (κ2) is 7.75. The van der Waals surface area contributed by atoms with E-state index in [-0.39, 0.29) is 0 Å². The predicted molar refractivity (Wildman–Crippen MR) is 160 cm³/mol. The molecule has 1 fully saturated rings. The van der Waals surface area contributed by atoms with Gasteiger partial charge in [-0.3, -0.25) is 0 Å². The molecule has 5 aromatic carbocycles. The molecule has 4 nitrogen and oxygen atoms in total. The van der Waals surface area contributed by atoms with Gasteiger partial charge in [0.2, 0.25) is 0 Å². The van der Waals surface area contributed by atoms with Crippen molar-refractivity contribution in [2.75, 3.05) is 0 Å². The van der Waals surface area contributed by atoms with Crippen molar-refractivity contribution in [3.8, 4) is 11.1 Å². The zero-order chi connectivity index (χ0) is 26.5. The highest BCUT2D eigenvalue weighted by Gasteiger charge is 2.52. The van der Waals surface area contributed by atoms with Gasteiger partial charge in [-0.05, 0) is 79.8 Å². The zero-order valence-electron chi connectivity index (χ0n) is 22.4. The molecule has 8 rings (SSSR count). The molecule has 1 aliphatic heterocycles. The molecular formula is C34H27BO4. The molecule has 3 heterocycles. The summed E-state index contributed by atoms with van der Waals surface area (Å²) < 4.78 is 25.7. The first-order valence-electron chi connectivity index (χ1n) is 13.4. The van der Waals surface area contributed by atoms with Crippen LogP contribution in [-0.2, 0) is 9.31 Å². The number of para-hydroxylation sites is 1. The number of rotatable bonds is 2. The molecule has 0 atom stereocenters. The highest BCUT2D eigenvalue weighted by atomic mass is 16.7. The number of fused-ring (bicyclic) bond motifs is 7. The van der Waals surface area contributed by atoms with Gasteiger partial charge < -0.3 is 18.1 Å². The maximum Gasteiger partial charge on any atom is 0.495 e. The first-order chi connectivity index (χ1) is 18.8. The average Bonchev–Trinajstić information content (AvgIpc) is 3.54. The minimum atomic E-state index is -0.476. The van der Waals surface area contributed by atoms with Crippen molar-refractivity contribution in [3.05, 3.63) is 91.0 Å². The van der Waals surface area contributed by atoms with Crippen LogP contribution in [0.25, 0.3) is 65.8 Å². The molecule has 0 amide bonds. The van der Waals surface area contributed by atoms with Crippen molar-refractivity contribution >= 4 is 67.2 Å². The van der Waals surface area contributed by atoms with E-state index in [1.807, 2.05) is 12.1 Å². The van der Waals surface area contributed by atoms with Crippen LogP contribution in [0.5, 0.6) is 0 Å². The Balaban J connectivity index is 1.33. The van der Waals surface area contributed by atoms with Crippen molar-refractivity contribution in [1.82, 2.24) is 0 Å². The maximum atomic E-state index is 6.51. The third-order valence-corrected chi connectivity index (χ3v) is 8.71. The predicted octanol–water partition coefficient (Wildman–Crippen LogP) is 8.60. The van der Waals surface area contributed by atoms with E-state index in [4.69, 9.17) is 18.1 Å². The van der Waals surface area contributed by atoms with Crippen LogP contribution in [0.15, 0.2) is 99.8 Å². The van der Waals surface area contributed by atoms with E-state index < -0.39 is 18.3 Å². The van der Waals surface area contributed by atoms with Crippen molar-refractivity contribution < 1.29 is 18.1 Å². The Kier molecular flexibility index (Phi) is 4.55. The third-order valence-electron chi connectivity index (χ3n) is 8.71. The highest BCUT2D eigenvalue weighted by molar-refractivity contribution is 6.66. The van der Waals surface area contributed by atoms with Gasteiger partial charge in [-0.25, -0.2) is 0 Å². The molecule has 0 spiro atoms. The van der Waals surface area contributed by atoms with Gasteiger partial charge in [0.1, 0.15) is 22.3 Å². The van der Waals surface area contributed by atoms with Crippen molar-refractivity contribution in [2.45, 2.75) is 38.9 Å². The lowest BCUT2D eigenvalue weighted by Crippen LogP contribution is -2.41. The monoisotopic (exact) mass is 510 g/mol. The number of hydrogen-bond acceptors (Lipinski definition) is 4. The van der Waals surface area contributed by atoms with Crippen LogP contribution in [0.3, 0.4) is 0 Å². The fourth-order valence-electron chi connectivity index (χ4n) is 5.90. The molecule has 0 aliphatic carbocycles. The fraction of sp³-hybridized carbons (Fsp3) is 0.176. The largest absolute Gasteiger partial charge is 0.495 e. The summed E-state index contributed by atoms with van der Waals surface area (Å²) in [7, 11) is -0.476. The first-order valence-corrected chi connectivity index (χ1v) is 13.4. The normalized spacial score (nSPS) is 16.9. The molecule has 0 N–H and O–H groups in total. The van der Waals surface area contributed by atoms with Crippen molar-refractivity contribution in [3.63, 3.8) is 0 Å². The Morgan fingerprint density at radius 2 is 1.31 bits per heavy atom. The molecule has 7 aromatic rings. The smallest absolute Gasteiger partial charge is 0.456 e. The van der Waals surface area contributed by atoms with Crippen LogP contribution in [0.2, 0.25) is 0 Å². The summed E-state index contributed by atoms with van der Waals surface area (Å²) in [6, 6.07) is 31.6.